The highest BCUT2D eigenvalue weighted by atomic mass is 32.1. The molecular formula is C16H22N2OS. The molecule has 2 rings (SSSR count). The molecule has 0 spiro atoms. The predicted molar refractivity (Wildman–Crippen MR) is 81.4 cm³/mol. The van der Waals surface area contributed by atoms with Gasteiger partial charge in [-0.15, -0.1) is 11.3 Å². The van der Waals surface area contributed by atoms with Crippen molar-refractivity contribution in [3.63, 3.8) is 0 Å². The van der Waals surface area contributed by atoms with Gasteiger partial charge in [-0.05, 0) is 43.0 Å². The third-order valence-corrected chi connectivity index (χ3v) is 4.92. The normalized spacial score (nSPS) is 17.4. The van der Waals surface area contributed by atoms with Crippen LogP contribution in [-0.4, -0.2) is 11.9 Å². The highest BCUT2D eigenvalue weighted by Gasteiger charge is 2.24. The highest BCUT2D eigenvalue weighted by Crippen LogP contribution is 2.26. The average molecular weight is 290 g/mol. The molecule has 0 aliphatic heterocycles. The lowest BCUT2D eigenvalue weighted by Gasteiger charge is -2.26. The van der Waals surface area contributed by atoms with Gasteiger partial charge in [0, 0.05) is 11.3 Å². The van der Waals surface area contributed by atoms with Gasteiger partial charge in [0.15, 0.2) is 0 Å². The van der Waals surface area contributed by atoms with E-state index < -0.39 is 0 Å². The van der Waals surface area contributed by atoms with Crippen molar-refractivity contribution in [1.82, 2.24) is 5.32 Å². The molecule has 0 aromatic carbocycles. The molecule has 1 aromatic heterocycles. The fraction of sp³-hybridized carbons (Fsp3) is 0.625. The number of hydrogen-bond donors (Lipinski definition) is 1. The van der Waals surface area contributed by atoms with E-state index in [2.05, 4.69) is 22.8 Å². The van der Waals surface area contributed by atoms with Gasteiger partial charge < -0.3 is 5.32 Å². The van der Waals surface area contributed by atoms with Crippen LogP contribution in [0.5, 0.6) is 0 Å². The van der Waals surface area contributed by atoms with E-state index in [1.165, 1.54) is 24.1 Å². The second-order valence-corrected chi connectivity index (χ2v) is 6.54. The molecule has 108 valence electrons. The van der Waals surface area contributed by atoms with E-state index >= 15 is 0 Å². The Bertz CT molecular complexity index is 444. The van der Waals surface area contributed by atoms with Gasteiger partial charge in [-0.1, -0.05) is 25.3 Å². The Hall–Kier alpha value is -1.34. The minimum atomic E-state index is -0.287. The number of aryl methyl sites for hydroxylation is 1. The van der Waals surface area contributed by atoms with E-state index in [0.29, 0.717) is 12.3 Å². The fourth-order valence-electron chi connectivity index (χ4n) is 2.85. The molecule has 0 radical (unpaired) electrons. The van der Waals surface area contributed by atoms with Crippen LogP contribution in [0.1, 0.15) is 49.8 Å². The van der Waals surface area contributed by atoms with Crippen molar-refractivity contribution in [2.75, 3.05) is 0 Å². The maximum atomic E-state index is 11.9. The minimum absolute atomic E-state index is 0.0266. The topological polar surface area (TPSA) is 52.9 Å². The van der Waals surface area contributed by atoms with Crippen LogP contribution >= 0.6 is 11.3 Å². The molecule has 1 N–H and O–H groups in total. The van der Waals surface area contributed by atoms with Crippen LogP contribution in [0.4, 0.5) is 0 Å². The smallest absolute Gasteiger partial charge is 0.221 e. The number of nitrogens with one attached hydrogen (secondary N) is 1. The van der Waals surface area contributed by atoms with E-state index in [4.69, 9.17) is 0 Å². The molecule has 0 saturated heterocycles. The van der Waals surface area contributed by atoms with Crippen LogP contribution in [0.15, 0.2) is 17.5 Å². The lowest BCUT2D eigenvalue weighted by Crippen LogP contribution is -2.40. The third kappa shape index (κ3) is 4.64. The van der Waals surface area contributed by atoms with E-state index in [1.54, 1.807) is 11.3 Å². The largest absolute Gasteiger partial charge is 0.340 e. The van der Waals surface area contributed by atoms with Crippen molar-refractivity contribution in [1.29, 1.82) is 5.26 Å². The summed E-state index contributed by atoms with van der Waals surface area (Å²) in [7, 11) is 0. The summed E-state index contributed by atoms with van der Waals surface area (Å²) in [4.78, 5) is 13.2. The predicted octanol–water partition coefficient (Wildman–Crippen LogP) is 3.66. The van der Waals surface area contributed by atoms with Crippen LogP contribution in [0, 0.1) is 17.2 Å². The summed E-state index contributed by atoms with van der Waals surface area (Å²) < 4.78 is 0. The third-order valence-electron chi connectivity index (χ3n) is 3.98. The SMILES string of the molecule is N#CC(NC(=O)CCCc1cccs1)C1CCCCC1. The number of carbonyl (C=O) groups is 1. The number of nitrogens with zero attached hydrogens (tertiary/aromatic N) is 1. The van der Waals surface area contributed by atoms with Crippen LogP contribution < -0.4 is 5.32 Å². The lowest BCUT2D eigenvalue weighted by atomic mass is 9.84. The first-order chi connectivity index (χ1) is 9.79. The monoisotopic (exact) mass is 290 g/mol. The summed E-state index contributed by atoms with van der Waals surface area (Å²) >= 11 is 1.73. The van der Waals surface area contributed by atoms with E-state index in [0.717, 1.165) is 25.7 Å². The molecule has 1 amide bonds. The number of amides is 1. The molecule has 1 aliphatic carbocycles. The molecule has 1 aromatic rings. The summed E-state index contributed by atoms with van der Waals surface area (Å²) in [6, 6.07) is 6.13. The van der Waals surface area contributed by atoms with Crippen molar-refractivity contribution < 1.29 is 4.79 Å². The number of nitriles is 1. The van der Waals surface area contributed by atoms with Crippen molar-refractivity contribution in [2.24, 2.45) is 5.92 Å². The molecule has 1 unspecified atom stereocenters. The van der Waals surface area contributed by atoms with Gasteiger partial charge in [0.2, 0.25) is 5.91 Å². The van der Waals surface area contributed by atoms with Gasteiger partial charge in [-0.2, -0.15) is 5.26 Å². The van der Waals surface area contributed by atoms with E-state index in [-0.39, 0.29) is 11.9 Å². The Morgan fingerprint density at radius 3 is 2.90 bits per heavy atom. The van der Waals surface area contributed by atoms with Gasteiger partial charge in [0.1, 0.15) is 6.04 Å². The Morgan fingerprint density at radius 2 is 2.25 bits per heavy atom. The number of thiophene rings is 1. The molecule has 1 atom stereocenters. The molecular weight excluding hydrogens is 268 g/mol. The Kier molecular flexibility index (Phi) is 6.07. The van der Waals surface area contributed by atoms with Crippen LogP contribution in [0.3, 0.4) is 0 Å². The standard InChI is InChI=1S/C16H22N2OS/c17-12-15(13-6-2-1-3-7-13)18-16(19)10-4-8-14-9-5-11-20-14/h5,9,11,13,15H,1-4,6-8,10H2,(H,18,19). The summed E-state index contributed by atoms with van der Waals surface area (Å²) in [5, 5.41) is 14.2. The van der Waals surface area contributed by atoms with Crippen LogP contribution in [0.25, 0.3) is 0 Å². The first kappa shape index (κ1) is 15.1. The van der Waals surface area contributed by atoms with Crippen molar-refractivity contribution in [3.8, 4) is 6.07 Å². The van der Waals surface area contributed by atoms with Gasteiger partial charge in [0.25, 0.3) is 0 Å². The number of carbonyl (C=O) groups excluding carboxylic acids is 1. The van der Waals surface area contributed by atoms with Crippen LogP contribution in [-0.2, 0) is 11.2 Å². The van der Waals surface area contributed by atoms with Gasteiger partial charge in [-0.25, -0.2) is 0 Å². The first-order valence-corrected chi connectivity index (χ1v) is 8.39. The zero-order valence-corrected chi connectivity index (χ0v) is 12.6. The summed E-state index contributed by atoms with van der Waals surface area (Å²) in [6.45, 7) is 0. The van der Waals surface area contributed by atoms with Crippen molar-refractivity contribution in [3.05, 3.63) is 22.4 Å². The second-order valence-electron chi connectivity index (χ2n) is 5.51. The van der Waals surface area contributed by atoms with Gasteiger partial charge in [-0.3, -0.25) is 4.79 Å². The number of rotatable bonds is 6. The van der Waals surface area contributed by atoms with E-state index in [1.807, 2.05) is 6.07 Å². The number of hydrogen-bond acceptors (Lipinski definition) is 3. The van der Waals surface area contributed by atoms with Crippen molar-refractivity contribution in [2.45, 2.75) is 57.4 Å². The molecule has 20 heavy (non-hydrogen) atoms. The van der Waals surface area contributed by atoms with Gasteiger partial charge >= 0.3 is 0 Å². The summed E-state index contributed by atoms with van der Waals surface area (Å²) in [5.41, 5.74) is 0. The molecule has 1 saturated carbocycles. The molecule has 1 aliphatic rings. The Balaban J connectivity index is 1.70. The quantitative estimate of drug-likeness (QED) is 0.869. The van der Waals surface area contributed by atoms with E-state index in [9.17, 15) is 10.1 Å². The minimum Gasteiger partial charge on any atom is -0.340 e. The Labute approximate surface area is 125 Å². The fourth-order valence-corrected chi connectivity index (χ4v) is 3.60. The molecule has 4 heteroatoms. The zero-order chi connectivity index (χ0) is 14.2. The maximum Gasteiger partial charge on any atom is 0.221 e. The summed E-state index contributed by atoms with van der Waals surface area (Å²) in [5.74, 6) is 0.383. The Morgan fingerprint density at radius 1 is 1.45 bits per heavy atom. The van der Waals surface area contributed by atoms with Crippen LogP contribution in [0.2, 0.25) is 0 Å². The molecule has 3 nitrogen and oxygen atoms in total. The van der Waals surface area contributed by atoms with Gasteiger partial charge in [0.05, 0.1) is 6.07 Å². The summed E-state index contributed by atoms with van der Waals surface area (Å²) in [6.07, 6.45) is 8.13. The highest BCUT2D eigenvalue weighted by molar-refractivity contribution is 7.09. The second kappa shape index (κ2) is 8.06. The lowest BCUT2D eigenvalue weighted by molar-refractivity contribution is -0.121. The average Bonchev–Trinajstić information content (AvgIpc) is 2.99. The molecule has 1 heterocycles. The zero-order valence-electron chi connectivity index (χ0n) is 11.8. The van der Waals surface area contributed by atoms with Crippen molar-refractivity contribution >= 4 is 17.2 Å². The maximum absolute atomic E-state index is 11.9. The first-order valence-electron chi connectivity index (χ1n) is 7.51. The molecule has 0 bridgehead atoms. The molecule has 1 fully saturated rings.